The van der Waals surface area contributed by atoms with Gasteiger partial charge in [-0.25, -0.2) is 4.98 Å². The number of nitrogens with two attached hydrogens (primary N) is 1. The van der Waals surface area contributed by atoms with Crippen molar-refractivity contribution in [1.82, 2.24) is 4.98 Å². The first kappa shape index (κ1) is 10.9. The average molecular weight is 225 g/mol. The summed E-state index contributed by atoms with van der Waals surface area (Å²) < 4.78 is 0. The highest BCUT2D eigenvalue weighted by molar-refractivity contribution is 7.13. The molecular weight excluding hydrogens is 206 g/mol. The summed E-state index contributed by atoms with van der Waals surface area (Å²) in [6.07, 6.45) is 5.90. The molecular formula is C11H19N3S. The van der Waals surface area contributed by atoms with E-state index >= 15 is 0 Å². The lowest BCUT2D eigenvalue weighted by Gasteiger charge is -2.29. The summed E-state index contributed by atoms with van der Waals surface area (Å²) in [4.78, 5) is 4.51. The van der Waals surface area contributed by atoms with Gasteiger partial charge in [0.15, 0.2) is 5.13 Å². The van der Waals surface area contributed by atoms with Crippen molar-refractivity contribution in [3.8, 4) is 0 Å². The third-order valence-corrected chi connectivity index (χ3v) is 3.86. The van der Waals surface area contributed by atoms with E-state index in [0.717, 1.165) is 18.0 Å². The van der Waals surface area contributed by atoms with Crippen LogP contribution in [0.25, 0.3) is 0 Å². The molecule has 3 N–H and O–H groups in total. The quantitative estimate of drug-likeness (QED) is 0.830. The minimum absolute atomic E-state index is 0.299. The van der Waals surface area contributed by atoms with Crippen molar-refractivity contribution in [2.75, 3.05) is 5.32 Å². The molecule has 0 bridgehead atoms. The van der Waals surface area contributed by atoms with Gasteiger partial charge < -0.3 is 11.1 Å². The van der Waals surface area contributed by atoms with E-state index in [1.165, 1.54) is 25.0 Å². The van der Waals surface area contributed by atoms with Crippen LogP contribution < -0.4 is 11.1 Å². The van der Waals surface area contributed by atoms with Crippen molar-refractivity contribution in [2.24, 2.45) is 5.73 Å². The molecule has 2 atom stereocenters. The van der Waals surface area contributed by atoms with Gasteiger partial charge in [0.25, 0.3) is 0 Å². The van der Waals surface area contributed by atoms with Crippen LogP contribution in [-0.2, 0) is 6.42 Å². The molecule has 0 amide bonds. The van der Waals surface area contributed by atoms with Gasteiger partial charge in [0.1, 0.15) is 0 Å². The maximum absolute atomic E-state index is 6.08. The Morgan fingerprint density at radius 1 is 1.53 bits per heavy atom. The van der Waals surface area contributed by atoms with Crippen LogP contribution in [0.4, 0.5) is 5.13 Å². The molecule has 0 spiro atoms. The largest absolute Gasteiger partial charge is 0.357 e. The van der Waals surface area contributed by atoms with Crippen molar-refractivity contribution in [3.63, 3.8) is 0 Å². The van der Waals surface area contributed by atoms with Crippen molar-refractivity contribution < 1.29 is 0 Å². The van der Waals surface area contributed by atoms with Crippen molar-refractivity contribution in [3.05, 3.63) is 11.1 Å². The lowest BCUT2D eigenvalue weighted by atomic mass is 9.91. The van der Waals surface area contributed by atoms with Crippen molar-refractivity contribution in [2.45, 2.75) is 51.1 Å². The third kappa shape index (κ3) is 2.69. The maximum Gasteiger partial charge on any atom is 0.183 e. The second-order valence-corrected chi connectivity index (χ2v) is 5.05. The predicted molar refractivity (Wildman–Crippen MR) is 65.3 cm³/mol. The molecule has 1 aliphatic carbocycles. The second kappa shape index (κ2) is 4.94. The zero-order chi connectivity index (χ0) is 10.7. The Morgan fingerprint density at radius 2 is 2.33 bits per heavy atom. The normalized spacial score (nSPS) is 26.5. The summed E-state index contributed by atoms with van der Waals surface area (Å²) in [5.41, 5.74) is 7.25. The van der Waals surface area contributed by atoms with Crippen LogP contribution in [0.2, 0.25) is 0 Å². The summed E-state index contributed by atoms with van der Waals surface area (Å²) in [5.74, 6) is 0. The van der Waals surface area contributed by atoms with Gasteiger partial charge in [-0.05, 0) is 19.3 Å². The number of aromatic nitrogens is 1. The number of rotatable bonds is 3. The second-order valence-electron chi connectivity index (χ2n) is 4.20. The highest BCUT2D eigenvalue weighted by Gasteiger charge is 2.22. The minimum Gasteiger partial charge on any atom is -0.357 e. The van der Waals surface area contributed by atoms with E-state index in [1.54, 1.807) is 11.3 Å². The van der Waals surface area contributed by atoms with Crippen LogP contribution in [0.15, 0.2) is 5.38 Å². The lowest BCUT2D eigenvalue weighted by Crippen LogP contribution is -2.42. The first-order valence-electron chi connectivity index (χ1n) is 5.76. The summed E-state index contributed by atoms with van der Waals surface area (Å²) >= 11 is 1.69. The molecule has 4 heteroatoms. The van der Waals surface area contributed by atoms with Gasteiger partial charge >= 0.3 is 0 Å². The number of nitrogens with one attached hydrogen (secondary N) is 1. The van der Waals surface area contributed by atoms with Crippen molar-refractivity contribution >= 4 is 16.5 Å². The molecule has 0 saturated heterocycles. The van der Waals surface area contributed by atoms with Gasteiger partial charge in [-0.15, -0.1) is 11.3 Å². The molecule has 0 radical (unpaired) electrons. The molecule has 3 nitrogen and oxygen atoms in total. The van der Waals surface area contributed by atoms with Gasteiger partial charge in [-0.2, -0.15) is 0 Å². The van der Waals surface area contributed by atoms with E-state index in [4.69, 9.17) is 5.73 Å². The topological polar surface area (TPSA) is 50.9 Å². The van der Waals surface area contributed by atoms with E-state index in [0.29, 0.717) is 12.1 Å². The van der Waals surface area contributed by atoms with Crippen LogP contribution >= 0.6 is 11.3 Å². The SMILES string of the molecule is CCc1csc(NC2CCCCC2N)n1. The number of thiazole rings is 1. The number of hydrogen-bond acceptors (Lipinski definition) is 4. The number of nitrogens with zero attached hydrogens (tertiary/aromatic N) is 1. The number of anilines is 1. The monoisotopic (exact) mass is 225 g/mol. The van der Waals surface area contributed by atoms with Gasteiger partial charge in [-0.3, -0.25) is 0 Å². The molecule has 0 aliphatic heterocycles. The fraction of sp³-hybridized carbons (Fsp3) is 0.727. The van der Waals surface area contributed by atoms with Crippen LogP contribution in [0, 0.1) is 0 Å². The molecule has 2 unspecified atom stereocenters. The minimum atomic E-state index is 0.299. The Kier molecular flexibility index (Phi) is 3.59. The highest BCUT2D eigenvalue weighted by Crippen LogP contribution is 2.23. The lowest BCUT2D eigenvalue weighted by molar-refractivity contribution is 0.404. The molecule has 1 aromatic heterocycles. The Labute approximate surface area is 95.1 Å². The van der Waals surface area contributed by atoms with Gasteiger partial charge in [-0.1, -0.05) is 19.8 Å². The summed E-state index contributed by atoms with van der Waals surface area (Å²) in [6.45, 7) is 2.13. The van der Waals surface area contributed by atoms with Crippen LogP contribution in [0.5, 0.6) is 0 Å². The molecule has 1 fully saturated rings. The fourth-order valence-corrected chi connectivity index (χ4v) is 2.89. The Morgan fingerprint density at radius 3 is 3.00 bits per heavy atom. The van der Waals surface area contributed by atoms with E-state index < -0.39 is 0 Å². The molecule has 1 aliphatic rings. The zero-order valence-corrected chi connectivity index (χ0v) is 10.0. The molecule has 2 rings (SSSR count). The first-order valence-corrected chi connectivity index (χ1v) is 6.64. The van der Waals surface area contributed by atoms with E-state index in [2.05, 4.69) is 22.6 Å². The first-order chi connectivity index (χ1) is 7.29. The smallest absolute Gasteiger partial charge is 0.183 e. The molecule has 0 aromatic carbocycles. The van der Waals surface area contributed by atoms with E-state index in [1.807, 2.05) is 0 Å². The number of aryl methyl sites for hydroxylation is 1. The standard InChI is InChI=1S/C11H19N3S/c1-2-8-7-15-11(13-8)14-10-6-4-3-5-9(10)12/h7,9-10H,2-6,12H2,1H3,(H,13,14). The number of hydrogen-bond donors (Lipinski definition) is 2. The Balaban J connectivity index is 1.95. The maximum atomic E-state index is 6.08. The molecule has 1 heterocycles. The summed E-state index contributed by atoms with van der Waals surface area (Å²) in [5, 5.41) is 6.63. The Hall–Kier alpha value is -0.610. The molecule has 1 aromatic rings. The predicted octanol–water partition coefficient (Wildman–Crippen LogP) is 2.39. The summed E-state index contributed by atoms with van der Waals surface area (Å²) in [6, 6.07) is 0.724. The highest BCUT2D eigenvalue weighted by atomic mass is 32.1. The van der Waals surface area contributed by atoms with Crippen LogP contribution in [-0.4, -0.2) is 17.1 Å². The third-order valence-electron chi connectivity index (χ3n) is 3.04. The molecule has 15 heavy (non-hydrogen) atoms. The van der Waals surface area contributed by atoms with Crippen LogP contribution in [0.3, 0.4) is 0 Å². The van der Waals surface area contributed by atoms with E-state index in [9.17, 15) is 0 Å². The van der Waals surface area contributed by atoms with Gasteiger partial charge in [0.2, 0.25) is 0 Å². The Bertz CT molecular complexity index is 311. The van der Waals surface area contributed by atoms with Crippen molar-refractivity contribution in [1.29, 1.82) is 0 Å². The summed E-state index contributed by atoms with van der Waals surface area (Å²) in [7, 11) is 0. The molecule has 84 valence electrons. The van der Waals surface area contributed by atoms with Gasteiger partial charge in [0.05, 0.1) is 5.69 Å². The fourth-order valence-electron chi connectivity index (χ4n) is 2.03. The zero-order valence-electron chi connectivity index (χ0n) is 9.20. The average Bonchev–Trinajstić information content (AvgIpc) is 2.69. The van der Waals surface area contributed by atoms with E-state index in [-0.39, 0.29) is 0 Å². The van der Waals surface area contributed by atoms with Crippen LogP contribution in [0.1, 0.15) is 38.3 Å². The van der Waals surface area contributed by atoms with Gasteiger partial charge in [0, 0.05) is 17.5 Å². The molecule has 1 saturated carbocycles.